The first-order valence-corrected chi connectivity index (χ1v) is 6.56. The van der Waals surface area contributed by atoms with Gasteiger partial charge in [-0.05, 0) is 31.5 Å². The second-order valence-corrected chi connectivity index (χ2v) is 5.18. The highest BCUT2D eigenvalue weighted by Gasteiger charge is 2.25. The molecule has 0 amide bonds. The second-order valence-electron chi connectivity index (χ2n) is 4.75. The van der Waals surface area contributed by atoms with Crippen LogP contribution in [-0.4, -0.2) is 10.2 Å². The number of benzene rings is 1. The lowest BCUT2D eigenvalue weighted by molar-refractivity contribution is 0.0425. The summed E-state index contributed by atoms with van der Waals surface area (Å²) in [4.78, 5) is 0. The number of unbranched alkanes of at least 4 members (excludes halogenated alkanes) is 3. The minimum atomic E-state index is -1.01. The molecule has 0 radical (unpaired) electrons. The third-order valence-electron chi connectivity index (χ3n) is 3.06. The second kappa shape index (κ2) is 6.27. The van der Waals surface area contributed by atoms with Gasteiger partial charge in [0, 0.05) is 10.6 Å². The first-order valence-electron chi connectivity index (χ1n) is 6.18. The van der Waals surface area contributed by atoms with Gasteiger partial charge in [0.25, 0.3) is 0 Å². The van der Waals surface area contributed by atoms with Crippen molar-refractivity contribution < 1.29 is 10.2 Å². The van der Waals surface area contributed by atoms with Gasteiger partial charge in [-0.15, -0.1) is 0 Å². The average Bonchev–Trinajstić information content (AvgIpc) is 2.28. The zero-order valence-corrected chi connectivity index (χ0v) is 11.3. The third-order valence-corrected chi connectivity index (χ3v) is 3.29. The highest BCUT2D eigenvalue weighted by Crippen LogP contribution is 2.35. The molecule has 0 aliphatic heterocycles. The SMILES string of the molecule is CCCCCCC(C)(O)c1cc(Cl)ccc1O. The lowest BCUT2D eigenvalue weighted by Gasteiger charge is -2.25. The number of aromatic hydroxyl groups is 1. The molecule has 0 bridgehead atoms. The van der Waals surface area contributed by atoms with E-state index >= 15 is 0 Å². The predicted octanol–water partition coefficient (Wildman–Crippen LogP) is 4.22. The van der Waals surface area contributed by atoms with Crippen molar-refractivity contribution in [3.05, 3.63) is 28.8 Å². The molecule has 1 atom stereocenters. The van der Waals surface area contributed by atoms with E-state index in [2.05, 4.69) is 6.92 Å². The molecular formula is C14H21ClO2. The molecule has 96 valence electrons. The molecule has 2 N–H and O–H groups in total. The molecule has 0 aliphatic carbocycles. The number of rotatable bonds is 6. The van der Waals surface area contributed by atoms with E-state index in [-0.39, 0.29) is 5.75 Å². The van der Waals surface area contributed by atoms with Gasteiger partial charge in [0.15, 0.2) is 0 Å². The Morgan fingerprint density at radius 2 is 1.94 bits per heavy atom. The van der Waals surface area contributed by atoms with Crippen molar-refractivity contribution in [1.29, 1.82) is 0 Å². The van der Waals surface area contributed by atoms with E-state index in [9.17, 15) is 10.2 Å². The van der Waals surface area contributed by atoms with Crippen LogP contribution in [0, 0.1) is 0 Å². The molecule has 0 aliphatic rings. The summed E-state index contributed by atoms with van der Waals surface area (Å²) in [7, 11) is 0. The van der Waals surface area contributed by atoms with Crippen molar-refractivity contribution in [2.75, 3.05) is 0 Å². The molecule has 1 aromatic carbocycles. The van der Waals surface area contributed by atoms with Crippen LogP contribution < -0.4 is 0 Å². The van der Waals surface area contributed by atoms with Crippen LogP contribution >= 0.6 is 11.6 Å². The largest absolute Gasteiger partial charge is 0.508 e. The zero-order valence-electron chi connectivity index (χ0n) is 10.5. The Labute approximate surface area is 108 Å². The number of phenolic OH excluding ortho intramolecular Hbond substituents is 1. The van der Waals surface area contributed by atoms with Crippen molar-refractivity contribution in [1.82, 2.24) is 0 Å². The summed E-state index contributed by atoms with van der Waals surface area (Å²) in [6, 6.07) is 4.78. The van der Waals surface area contributed by atoms with Crippen LogP contribution in [0.4, 0.5) is 0 Å². The molecule has 0 saturated carbocycles. The van der Waals surface area contributed by atoms with E-state index in [0.29, 0.717) is 17.0 Å². The molecule has 0 aromatic heterocycles. The maximum atomic E-state index is 10.4. The fraction of sp³-hybridized carbons (Fsp3) is 0.571. The van der Waals surface area contributed by atoms with Gasteiger partial charge in [0.1, 0.15) is 5.75 Å². The minimum Gasteiger partial charge on any atom is -0.508 e. The number of hydrogen-bond acceptors (Lipinski definition) is 2. The molecule has 0 fully saturated rings. The fourth-order valence-corrected chi connectivity index (χ4v) is 2.14. The molecule has 3 heteroatoms. The standard InChI is InChI=1S/C14H21ClO2/c1-3-4-5-6-9-14(2,17)12-10-11(15)7-8-13(12)16/h7-8,10,16-17H,3-6,9H2,1-2H3. The van der Waals surface area contributed by atoms with E-state index in [4.69, 9.17) is 11.6 Å². The maximum absolute atomic E-state index is 10.4. The maximum Gasteiger partial charge on any atom is 0.121 e. The van der Waals surface area contributed by atoms with Gasteiger partial charge in [-0.3, -0.25) is 0 Å². The van der Waals surface area contributed by atoms with Crippen LogP contribution in [-0.2, 0) is 5.60 Å². The summed E-state index contributed by atoms with van der Waals surface area (Å²) < 4.78 is 0. The summed E-state index contributed by atoms with van der Waals surface area (Å²) in [5.41, 5.74) is -0.496. The molecule has 0 heterocycles. The minimum absolute atomic E-state index is 0.106. The van der Waals surface area contributed by atoms with E-state index in [1.54, 1.807) is 19.1 Å². The van der Waals surface area contributed by atoms with Crippen molar-refractivity contribution in [2.24, 2.45) is 0 Å². The normalized spacial score (nSPS) is 14.6. The third kappa shape index (κ3) is 4.21. The van der Waals surface area contributed by atoms with Gasteiger partial charge in [0.2, 0.25) is 0 Å². The van der Waals surface area contributed by atoms with Crippen LogP contribution in [0.5, 0.6) is 5.75 Å². The molecular weight excluding hydrogens is 236 g/mol. The van der Waals surface area contributed by atoms with Crippen LogP contribution in [0.3, 0.4) is 0 Å². The van der Waals surface area contributed by atoms with E-state index in [0.717, 1.165) is 12.8 Å². The van der Waals surface area contributed by atoms with Crippen molar-refractivity contribution in [2.45, 2.75) is 51.6 Å². The Hall–Kier alpha value is -0.730. The molecule has 0 spiro atoms. The van der Waals surface area contributed by atoms with Crippen LogP contribution in [0.15, 0.2) is 18.2 Å². The van der Waals surface area contributed by atoms with E-state index in [1.165, 1.54) is 18.9 Å². The van der Waals surface area contributed by atoms with Gasteiger partial charge in [-0.2, -0.15) is 0 Å². The molecule has 0 saturated heterocycles. The van der Waals surface area contributed by atoms with Crippen molar-refractivity contribution in [3.63, 3.8) is 0 Å². The Kier molecular flexibility index (Phi) is 5.29. The fourth-order valence-electron chi connectivity index (χ4n) is 1.97. The Morgan fingerprint density at radius 3 is 2.59 bits per heavy atom. The molecule has 17 heavy (non-hydrogen) atoms. The first kappa shape index (κ1) is 14.3. The summed E-state index contributed by atoms with van der Waals surface area (Å²) in [6.07, 6.45) is 5.05. The Bertz CT molecular complexity index is 361. The number of aliphatic hydroxyl groups is 1. The number of phenols is 1. The highest BCUT2D eigenvalue weighted by molar-refractivity contribution is 6.30. The summed E-state index contributed by atoms with van der Waals surface area (Å²) in [5, 5.41) is 20.7. The van der Waals surface area contributed by atoms with Gasteiger partial charge in [-0.25, -0.2) is 0 Å². The van der Waals surface area contributed by atoms with Crippen molar-refractivity contribution >= 4 is 11.6 Å². The van der Waals surface area contributed by atoms with Crippen molar-refractivity contribution in [3.8, 4) is 5.75 Å². The lowest BCUT2D eigenvalue weighted by atomic mass is 9.89. The number of hydrogen-bond donors (Lipinski definition) is 2. The lowest BCUT2D eigenvalue weighted by Crippen LogP contribution is -2.21. The summed E-state index contributed by atoms with van der Waals surface area (Å²) in [5.74, 6) is 0.106. The Morgan fingerprint density at radius 1 is 1.24 bits per heavy atom. The molecule has 1 aromatic rings. The first-order chi connectivity index (χ1) is 7.97. The predicted molar refractivity (Wildman–Crippen MR) is 71.4 cm³/mol. The monoisotopic (exact) mass is 256 g/mol. The average molecular weight is 257 g/mol. The smallest absolute Gasteiger partial charge is 0.121 e. The van der Waals surface area contributed by atoms with Crippen LogP contribution in [0.2, 0.25) is 5.02 Å². The molecule has 1 unspecified atom stereocenters. The van der Waals surface area contributed by atoms with Gasteiger partial charge in [-0.1, -0.05) is 44.2 Å². The van der Waals surface area contributed by atoms with Gasteiger partial charge < -0.3 is 10.2 Å². The van der Waals surface area contributed by atoms with E-state index in [1.807, 2.05) is 0 Å². The van der Waals surface area contributed by atoms with Gasteiger partial charge in [0.05, 0.1) is 5.60 Å². The molecule has 1 rings (SSSR count). The quantitative estimate of drug-likeness (QED) is 0.748. The summed E-state index contributed by atoms with van der Waals surface area (Å²) >= 11 is 5.88. The summed E-state index contributed by atoms with van der Waals surface area (Å²) in [6.45, 7) is 3.88. The van der Waals surface area contributed by atoms with Crippen LogP contribution in [0.1, 0.15) is 51.5 Å². The topological polar surface area (TPSA) is 40.5 Å². The highest BCUT2D eigenvalue weighted by atomic mass is 35.5. The van der Waals surface area contributed by atoms with Gasteiger partial charge >= 0.3 is 0 Å². The van der Waals surface area contributed by atoms with E-state index < -0.39 is 5.60 Å². The Balaban J connectivity index is 2.71. The molecule has 2 nitrogen and oxygen atoms in total. The van der Waals surface area contributed by atoms with Crippen LogP contribution in [0.25, 0.3) is 0 Å². The zero-order chi connectivity index (χ0) is 12.9. The number of halogens is 1.